The third-order valence-electron chi connectivity index (χ3n) is 3.36. The van der Waals surface area contributed by atoms with Gasteiger partial charge in [-0.15, -0.1) is 10.2 Å². The summed E-state index contributed by atoms with van der Waals surface area (Å²) in [4.78, 5) is 12.2. The molecule has 1 atom stereocenters. The highest BCUT2D eigenvalue weighted by molar-refractivity contribution is 8.02. The zero-order valence-corrected chi connectivity index (χ0v) is 16.7. The monoisotopic (exact) mass is 405 g/mol. The number of benzene rings is 1. The van der Waals surface area contributed by atoms with Crippen LogP contribution in [-0.2, 0) is 4.79 Å². The topological polar surface area (TPSA) is 102 Å². The molecular formula is C17H19N5O3S2. The summed E-state index contributed by atoms with van der Waals surface area (Å²) in [6.07, 6.45) is 0. The summed E-state index contributed by atoms with van der Waals surface area (Å²) in [5.74, 6) is 0.888. The van der Waals surface area contributed by atoms with Crippen molar-refractivity contribution in [3.8, 4) is 5.75 Å². The molecule has 2 N–H and O–H groups in total. The molecule has 8 nitrogen and oxygen atoms in total. The number of rotatable bonds is 8. The molecule has 0 aliphatic heterocycles. The predicted octanol–water partition coefficient (Wildman–Crippen LogP) is 4.10. The summed E-state index contributed by atoms with van der Waals surface area (Å²) >= 11 is 2.69. The van der Waals surface area contributed by atoms with Gasteiger partial charge in [0.2, 0.25) is 16.9 Å². The van der Waals surface area contributed by atoms with E-state index < -0.39 is 0 Å². The van der Waals surface area contributed by atoms with Crippen LogP contribution in [-0.4, -0.2) is 33.1 Å². The first kappa shape index (κ1) is 19.2. The van der Waals surface area contributed by atoms with E-state index in [4.69, 9.17) is 9.26 Å². The van der Waals surface area contributed by atoms with Crippen molar-refractivity contribution in [2.75, 3.05) is 17.2 Å². The first-order valence-electron chi connectivity index (χ1n) is 8.28. The molecule has 0 bridgehead atoms. The molecule has 1 amide bonds. The quantitative estimate of drug-likeness (QED) is 0.540. The number of anilines is 3. The van der Waals surface area contributed by atoms with Crippen LogP contribution in [0.3, 0.4) is 0 Å². The molecule has 142 valence electrons. The minimum absolute atomic E-state index is 0.192. The Bertz CT molecular complexity index is 911. The van der Waals surface area contributed by atoms with E-state index >= 15 is 0 Å². The lowest BCUT2D eigenvalue weighted by Crippen LogP contribution is -2.22. The molecule has 3 rings (SSSR count). The van der Waals surface area contributed by atoms with Gasteiger partial charge in [-0.3, -0.25) is 10.1 Å². The second-order valence-corrected chi connectivity index (χ2v) is 8.07. The summed E-state index contributed by atoms with van der Waals surface area (Å²) in [5.41, 5.74) is 1.52. The van der Waals surface area contributed by atoms with Crippen LogP contribution in [0.15, 0.2) is 39.2 Å². The third kappa shape index (κ3) is 5.20. The fourth-order valence-electron chi connectivity index (χ4n) is 2.12. The number of amides is 1. The van der Waals surface area contributed by atoms with Crippen LogP contribution in [0.25, 0.3) is 0 Å². The van der Waals surface area contributed by atoms with Crippen molar-refractivity contribution in [2.24, 2.45) is 0 Å². The van der Waals surface area contributed by atoms with E-state index in [9.17, 15) is 4.79 Å². The van der Waals surface area contributed by atoms with E-state index in [1.165, 1.54) is 23.1 Å². The summed E-state index contributed by atoms with van der Waals surface area (Å²) in [6, 6.07) is 9.29. The van der Waals surface area contributed by atoms with Gasteiger partial charge >= 0.3 is 0 Å². The van der Waals surface area contributed by atoms with Gasteiger partial charge in [0.25, 0.3) is 0 Å². The summed E-state index contributed by atoms with van der Waals surface area (Å²) in [6.45, 7) is 6.09. The average molecular weight is 406 g/mol. The standard InChI is InChI=1S/C17H19N5O3S2/c1-4-24-13-8-6-5-7-12(13)18-16-20-21-17(27-16)26-11(3)15(23)19-14-9-10(2)22-25-14/h5-9,11H,4H2,1-3H3,(H,18,20)(H,19,23). The molecule has 3 aromatic rings. The highest BCUT2D eigenvalue weighted by Crippen LogP contribution is 2.33. The Labute approximate surface area is 164 Å². The van der Waals surface area contributed by atoms with Crippen molar-refractivity contribution < 1.29 is 14.1 Å². The summed E-state index contributed by atoms with van der Waals surface area (Å²) < 4.78 is 11.3. The first-order chi connectivity index (χ1) is 13.0. The maximum absolute atomic E-state index is 12.2. The highest BCUT2D eigenvalue weighted by atomic mass is 32.2. The molecule has 2 heterocycles. The molecule has 1 unspecified atom stereocenters. The first-order valence-corrected chi connectivity index (χ1v) is 9.98. The number of thioether (sulfide) groups is 1. The number of carbonyl (C=O) groups excluding carboxylic acids is 1. The van der Waals surface area contributed by atoms with Gasteiger partial charge in [-0.2, -0.15) is 0 Å². The minimum atomic E-state index is -0.369. The third-order valence-corrected chi connectivity index (χ3v) is 5.38. The molecule has 0 saturated carbocycles. The molecule has 0 fully saturated rings. The Balaban J connectivity index is 1.59. The van der Waals surface area contributed by atoms with Crippen molar-refractivity contribution in [3.05, 3.63) is 36.0 Å². The van der Waals surface area contributed by atoms with Crippen LogP contribution in [0.1, 0.15) is 19.5 Å². The largest absolute Gasteiger partial charge is 0.492 e. The van der Waals surface area contributed by atoms with Crippen LogP contribution >= 0.6 is 23.1 Å². The zero-order valence-electron chi connectivity index (χ0n) is 15.1. The average Bonchev–Trinajstić information content (AvgIpc) is 3.25. The number of ether oxygens (including phenoxy) is 1. The van der Waals surface area contributed by atoms with Crippen LogP contribution in [0.2, 0.25) is 0 Å². The Morgan fingerprint density at radius 1 is 1.37 bits per heavy atom. The van der Waals surface area contributed by atoms with Gasteiger partial charge in [-0.05, 0) is 32.9 Å². The van der Waals surface area contributed by atoms with Gasteiger partial charge in [0, 0.05) is 6.07 Å². The van der Waals surface area contributed by atoms with E-state index in [0.717, 1.165) is 11.4 Å². The SMILES string of the molecule is CCOc1ccccc1Nc1nnc(SC(C)C(=O)Nc2cc(C)no2)s1. The fraction of sp³-hybridized carbons (Fsp3) is 0.294. The molecule has 1 aromatic carbocycles. The van der Waals surface area contributed by atoms with Crippen molar-refractivity contribution in [1.82, 2.24) is 15.4 Å². The smallest absolute Gasteiger partial charge is 0.240 e. The summed E-state index contributed by atoms with van der Waals surface area (Å²) in [7, 11) is 0. The van der Waals surface area contributed by atoms with Gasteiger partial charge < -0.3 is 14.6 Å². The van der Waals surface area contributed by atoms with Gasteiger partial charge in [0.05, 0.1) is 23.2 Å². The van der Waals surface area contributed by atoms with Crippen molar-refractivity contribution in [2.45, 2.75) is 30.4 Å². The highest BCUT2D eigenvalue weighted by Gasteiger charge is 2.19. The number of carbonyl (C=O) groups is 1. The molecular weight excluding hydrogens is 386 g/mol. The molecule has 27 heavy (non-hydrogen) atoms. The molecule has 0 radical (unpaired) electrons. The van der Waals surface area contributed by atoms with E-state index in [2.05, 4.69) is 26.0 Å². The van der Waals surface area contributed by atoms with Crippen LogP contribution in [0, 0.1) is 6.92 Å². The maximum Gasteiger partial charge on any atom is 0.240 e. The van der Waals surface area contributed by atoms with Crippen molar-refractivity contribution in [3.63, 3.8) is 0 Å². The zero-order chi connectivity index (χ0) is 19.2. The Hall–Kier alpha value is -2.59. The van der Waals surface area contributed by atoms with E-state index in [1.807, 2.05) is 31.2 Å². The Kier molecular flexibility index (Phi) is 6.30. The number of aryl methyl sites for hydroxylation is 1. The molecule has 10 heteroatoms. The molecule has 0 aliphatic carbocycles. The Morgan fingerprint density at radius 2 is 2.19 bits per heavy atom. The van der Waals surface area contributed by atoms with E-state index in [-0.39, 0.29) is 11.2 Å². The van der Waals surface area contributed by atoms with E-state index in [0.29, 0.717) is 27.7 Å². The van der Waals surface area contributed by atoms with Gasteiger partial charge in [-0.25, -0.2) is 0 Å². The number of aromatic nitrogens is 3. The molecule has 2 aromatic heterocycles. The number of nitrogens with zero attached hydrogens (tertiary/aromatic N) is 3. The Morgan fingerprint density at radius 3 is 2.93 bits per heavy atom. The van der Waals surface area contributed by atoms with Gasteiger partial charge in [0.15, 0.2) is 4.34 Å². The second-order valence-electron chi connectivity index (χ2n) is 5.51. The van der Waals surface area contributed by atoms with Gasteiger partial charge in [0.1, 0.15) is 5.75 Å². The molecule has 0 aliphatic rings. The fourth-order valence-corrected chi connectivity index (χ4v) is 4.03. The van der Waals surface area contributed by atoms with E-state index in [1.54, 1.807) is 19.9 Å². The summed E-state index contributed by atoms with van der Waals surface area (Å²) in [5, 5.41) is 18.2. The van der Waals surface area contributed by atoms with Crippen molar-refractivity contribution >= 4 is 45.7 Å². The number of hydrogen-bond donors (Lipinski definition) is 2. The molecule has 0 spiro atoms. The van der Waals surface area contributed by atoms with Crippen molar-refractivity contribution in [1.29, 1.82) is 0 Å². The lowest BCUT2D eigenvalue weighted by molar-refractivity contribution is -0.115. The number of nitrogens with one attached hydrogen (secondary N) is 2. The minimum Gasteiger partial charge on any atom is -0.492 e. The predicted molar refractivity (Wildman–Crippen MR) is 106 cm³/mol. The van der Waals surface area contributed by atoms with Crippen LogP contribution in [0.5, 0.6) is 5.75 Å². The molecule has 0 saturated heterocycles. The lowest BCUT2D eigenvalue weighted by atomic mass is 10.3. The maximum atomic E-state index is 12.2. The second kappa shape index (κ2) is 8.87. The van der Waals surface area contributed by atoms with Gasteiger partial charge in [-0.1, -0.05) is 40.4 Å². The number of hydrogen-bond acceptors (Lipinski definition) is 9. The van der Waals surface area contributed by atoms with Crippen LogP contribution < -0.4 is 15.4 Å². The lowest BCUT2D eigenvalue weighted by Gasteiger charge is -2.09. The van der Waals surface area contributed by atoms with Crippen LogP contribution in [0.4, 0.5) is 16.7 Å². The number of para-hydroxylation sites is 2. The normalized spacial score (nSPS) is 11.8.